The summed E-state index contributed by atoms with van der Waals surface area (Å²) in [6.07, 6.45) is 45.8. The van der Waals surface area contributed by atoms with Gasteiger partial charge in [0.05, 0.1) is 6.61 Å². The minimum atomic E-state index is -0.763. The second-order valence-corrected chi connectivity index (χ2v) is 14.4. The molecule has 0 aliphatic rings. The van der Waals surface area contributed by atoms with Gasteiger partial charge in [-0.05, 0) is 38.5 Å². The first-order valence-electron chi connectivity index (χ1n) is 21.2. The maximum absolute atomic E-state index is 12.2. The average Bonchev–Trinajstić information content (AvgIpc) is 3.09. The fraction of sp³-hybridized carbons (Fsp3) is 0.907. The molecular weight excluding hydrogens is 596 g/mol. The van der Waals surface area contributed by atoms with E-state index in [2.05, 4.69) is 26.0 Å². The maximum atomic E-state index is 12.2. The highest BCUT2D eigenvalue weighted by Gasteiger charge is 2.16. The minimum absolute atomic E-state index is 0.0599. The predicted molar refractivity (Wildman–Crippen MR) is 205 cm³/mol. The molecule has 0 saturated carbocycles. The fourth-order valence-electron chi connectivity index (χ4n) is 6.31. The summed E-state index contributed by atoms with van der Waals surface area (Å²) in [6.45, 7) is 4.13. The van der Waals surface area contributed by atoms with E-state index in [1.54, 1.807) is 0 Å². The van der Waals surface area contributed by atoms with Gasteiger partial charge in [-0.1, -0.05) is 193 Å². The first-order chi connectivity index (χ1) is 23.6. The molecule has 0 aromatic heterocycles. The molecule has 0 spiro atoms. The monoisotopic (exact) mass is 679 g/mol. The zero-order chi connectivity index (χ0) is 35.0. The van der Waals surface area contributed by atoms with Crippen molar-refractivity contribution in [2.24, 2.45) is 0 Å². The summed E-state index contributed by atoms with van der Waals surface area (Å²) in [6, 6.07) is 0. The smallest absolute Gasteiger partial charge is 0.306 e. The van der Waals surface area contributed by atoms with E-state index in [-0.39, 0.29) is 25.2 Å². The van der Waals surface area contributed by atoms with Gasteiger partial charge < -0.3 is 14.6 Å². The Kier molecular flexibility index (Phi) is 38.9. The van der Waals surface area contributed by atoms with E-state index >= 15 is 0 Å². The topological polar surface area (TPSA) is 72.8 Å². The molecule has 0 heterocycles. The fourth-order valence-corrected chi connectivity index (χ4v) is 6.31. The zero-order valence-electron chi connectivity index (χ0n) is 32.3. The van der Waals surface area contributed by atoms with E-state index in [0.717, 1.165) is 38.5 Å². The van der Waals surface area contributed by atoms with Gasteiger partial charge in [-0.25, -0.2) is 0 Å². The summed E-state index contributed by atoms with van der Waals surface area (Å²) in [7, 11) is 0. The Bertz CT molecular complexity index is 691. The summed E-state index contributed by atoms with van der Waals surface area (Å²) in [4.78, 5) is 24.2. The first kappa shape index (κ1) is 46.6. The van der Waals surface area contributed by atoms with E-state index in [0.29, 0.717) is 12.8 Å². The van der Waals surface area contributed by atoms with Crippen molar-refractivity contribution in [1.29, 1.82) is 0 Å². The van der Waals surface area contributed by atoms with Crippen LogP contribution < -0.4 is 0 Å². The normalized spacial score (nSPS) is 12.1. The van der Waals surface area contributed by atoms with Crippen molar-refractivity contribution in [3.05, 3.63) is 12.2 Å². The number of esters is 2. The summed E-state index contributed by atoms with van der Waals surface area (Å²) >= 11 is 0. The molecule has 0 amide bonds. The van der Waals surface area contributed by atoms with Gasteiger partial charge in [-0.2, -0.15) is 0 Å². The van der Waals surface area contributed by atoms with Gasteiger partial charge in [-0.15, -0.1) is 0 Å². The average molecular weight is 679 g/mol. The second-order valence-electron chi connectivity index (χ2n) is 14.4. The van der Waals surface area contributed by atoms with Gasteiger partial charge in [0.2, 0.25) is 0 Å². The van der Waals surface area contributed by atoms with Crippen molar-refractivity contribution in [3.63, 3.8) is 0 Å². The molecule has 0 radical (unpaired) electrons. The molecule has 0 bridgehead atoms. The lowest BCUT2D eigenvalue weighted by atomic mass is 10.0. The van der Waals surface area contributed by atoms with E-state index in [1.165, 1.54) is 167 Å². The molecule has 284 valence electrons. The van der Waals surface area contributed by atoms with Crippen molar-refractivity contribution in [3.8, 4) is 0 Å². The highest BCUT2D eigenvalue weighted by Crippen LogP contribution is 2.15. The Morgan fingerprint density at radius 1 is 0.458 bits per heavy atom. The molecular formula is C43H82O5. The van der Waals surface area contributed by atoms with Gasteiger partial charge >= 0.3 is 11.9 Å². The van der Waals surface area contributed by atoms with Crippen molar-refractivity contribution in [2.45, 2.75) is 238 Å². The van der Waals surface area contributed by atoms with Crippen molar-refractivity contribution in [1.82, 2.24) is 0 Å². The molecule has 0 aromatic rings. The standard InChI is InChI=1S/C43H82O5/c1-3-5-7-9-11-13-14-15-16-17-18-19-20-21-22-23-24-25-26-27-28-30-32-34-36-38-43(46)48-41(39-44)40-47-42(45)37-35-33-31-29-12-10-8-6-4-2/h17-18,41,44H,3-16,19-40H2,1-2H3/b18-17-. The Morgan fingerprint density at radius 3 is 1.12 bits per heavy atom. The third-order valence-electron chi connectivity index (χ3n) is 9.56. The summed E-state index contributed by atoms with van der Waals surface area (Å²) < 4.78 is 10.6. The third kappa shape index (κ3) is 37.5. The van der Waals surface area contributed by atoms with Crippen molar-refractivity contribution < 1.29 is 24.2 Å². The lowest BCUT2D eigenvalue weighted by Crippen LogP contribution is -2.28. The van der Waals surface area contributed by atoms with Crippen LogP contribution in [-0.2, 0) is 19.1 Å². The van der Waals surface area contributed by atoms with Gasteiger partial charge in [0, 0.05) is 12.8 Å². The predicted octanol–water partition coefficient (Wildman–Crippen LogP) is 13.3. The SMILES string of the molecule is CCCCCCCCCC/C=C\CCCCCCCCCCCCCCCC(=O)OC(CO)COC(=O)CCCCCCCCCCC. The Labute approximate surface area is 299 Å². The number of ether oxygens (including phenoxy) is 2. The zero-order valence-corrected chi connectivity index (χ0v) is 32.3. The molecule has 0 aromatic carbocycles. The molecule has 1 atom stereocenters. The molecule has 0 rings (SSSR count). The number of hydrogen-bond donors (Lipinski definition) is 1. The summed E-state index contributed by atoms with van der Waals surface area (Å²) in [5.41, 5.74) is 0. The number of carbonyl (C=O) groups is 2. The largest absolute Gasteiger partial charge is 0.462 e. The highest BCUT2D eigenvalue weighted by atomic mass is 16.6. The van der Waals surface area contributed by atoms with Crippen LogP contribution in [0.3, 0.4) is 0 Å². The second kappa shape index (κ2) is 40.1. The lowest BCUT2D eigenvalue weighted by Gasteiger charge is -2.15. The van der Waals surface area contributed by atoms with Crippen LogP contribution >= 0.6 is 0 Å². The molecule has 5 heteroatoms. The molecule has 1 N–H and O–H groups in total. The van der Waals surface area contributed by atoms with Gasteiger partial charge in [0.1, 0.15) is 6.61 Å². The third-order valence-corrected chi connectivity index (χ3v) is 9.56. The number of aliphatic hydroxyl groups is 1. The highest BCUT2D eigenvalue weighted by molar-refractivity contribution is 5.70. The Hall–Kier alpha value is -1.36. The van der Waals surface area contributed by atoms with Crippen LogP contribution in [0.5, 0.6) is 0 Å². The molecule has 0 aliphatic heterocycles. The number of aliphatic hydroxyl groups excluding tert-OH is 1. The molecule has 5 nitrogen and oxygen atoms in total. The van der Waals surface area contributed by atoms with Gasteiger partial charge in [0.25, 0.3) is 0 Å². The van der Waals surface area contributed by atoms with Crippen molar-refractivity contribution in [2.75, 3.05) is 13.2 Å². The van der Waals surface area contributed by atoms with Crippen LogP contribution in [0.1, 0.15) is 232 Å². The summed E-state index contributed by atoms with van der Waals surface area (Å²) in [5, 5.41) is 9.53. The molecule has 0 saturated heterocycles. The van der Waals surface area contributed by atoms with Crippen LogP contribution in [0.15, 0.2) is 12.2 Å². The van der Waals surface area contributed by atoms with E-state index in [1.807, 2.05) is 0 Å². The molecule has 0 aliphatic carbocycles. The minimum Gasteiger partial charge on any atom is -0.462 e. The number of allylic oxidation sites excluding steroid dienone is 2. The summed E-state index contributed by atoms with van der Waals surface area (Å²) in [5.74, 6) is -0.583. The van der Waals surface area contributed by atoms with E-state index < -0.39 is 6.10 Å². The quantitative estimate of drug-likeness (QED) is 0.0398. The Balaban J connectivity index is 3.43. The molecule has 48 heavy (non-hydrogen) atoms. The number of carbonyl (C=O) groups excluding carboxylic acids is 2. The van der Waals surface area contributed by atoms with Gasteiger partial charge in [-0.3, -0.25) is 9.59 Å². The number of hydrogen-bond acceptors (Lipinski definition) is 5. The Morgan fingerprint density at radius 2 is 0.771 bits per heavy atom. The first-order valence-corrected chi connectivity index (χ1v) is 21.2. The maximum Gasteiger partial charge on any atom is 0.306 e. The van der Waals surface area contributed by atoms with Crippen LogP contribution in [-0.4, -0.2) is 36.4 Å². The van der Waals surface area contributed by atoms with Crippen LogP contribution in [0.4, 0.5) is 0 Å². The van der Waals surface area contributed by atoms with Gasteiger partial charge in [0.15, 0.2) is 6.10 Å². The lowest BCUT2D eigenvalue weighted by molar-refractivity contribution is -0.161. The van der Waals surface area contributed by atoms with Crippen molar-refractivity contribution >= 4 is 11.9 Å². The van der Waals surface area contributed by atoms with Crippen LogP contribution in [0.2, 0.25) is 0 Å². The number of unbranched alkanes of at least 4 members (excludes halogenated alkanes) is 29. The molecule has 0 fully saturated rings. The van der Waals surface area contributed by atoms with E-state index in [4.69, 9.17) is 9.47 Å². The van der Waals surface area contributed by atoms with E-state index in [9.17, 15) is 14.7 Å². The van der Waals surface area contributed by atoms with Crippen LogP contribution in [0, 0.1) is 0 Å². The molecule has 1 unspecified atom stereocenters. The van der Waals surface area contributed by atoms with Crippen LogP contribution in [0.25, 0.3) is 0 Å². The number of rotatable bonds is 39.